The minimum absolute atomic E-state index is 0.0533. The molecule has 1 rings (SSSR count). The van der Waals surface area contributed by atoms with Crippen molar-refractivity contribution in [1.82, 2.24) is 4.57 Å². The summed E-state index contributed by atoms with van der Waals surface area (Å²) in [4.78, 5) is 15.2. The molecule has 0 aromatic carbocycles. The van der Waals surface area contributed by atoms with Crippen molar-refractivity contribution in [2.75, 3.05) is 13.2 Å². The number of carbonyl (C=O) groups excluding carboxylic acids is 1. The smallest absolute Gasteiger partial charge is 0.226 e. The van der Waals surface area contributed by atoms with Crippen molar-refractivity contribution in [1.29, 1.82) is 0 Å². The van der Waals surface area contributed by atoms with Crippen LogP contribution in [0.3, 0.4) is 0 Å². The lowest BCUT2D eigenvalue weighted by molar-refractivity contribution is -0.175. The highest BCUT2D eigenvalue weighted by molar-refractivity contribution is 6.80. The molecule has 0 radical (unpaired) electrons. The zero-order chi connectivity index (χ0) is 40.1. The fourth-order valence-corrected chi connectivity index (χ4v) is 12.2. The third-order valence-corrected chi connectivity index (χ3v) is 32.6. The van der Waals surface area contributed by atoms with Crippen LogP contribution in [0.4, 0.5) is 0 Å². The number of rotatable bonds is 15. The van der Waals surface area contributed by atoms with Gasteiger partial charge in [-0.2, -0.15) is 0 Å². The molecular weight excluding hydrogens is 691 g/mol. The van der Waals surface area contributed by atoms with Crippen molar-refractivity contribution in [3.63, 3.8) is 0 Å². The number of amides is 1. The topological polar surface area (TPSA) is 88.5 Å². The molecule has 1 aliphatic rings. The normalized spacial score (nSPS) is 23.5. The standard InChI is InChI=1S/C39H83NO6Si4/c1-28(27-44-48(18,19)36(6,7)8)24-32-39(15,34(43)40(32)47(16,17)35(3,4)5)33(46-50(22,23)38(12,13)14)29(2)31(25-30(42)26-41)45-49(20,21)37(9,10)11/h24,29-33,41-42H,25-27H2,1-23H3/b28-24+/t29-,30?,31-,32-,33?,39+/m1/s1. The van der Waals surface area contributed by atoms with Gasteiger partial charge >= 0.3 is 0 Å². The Kier molecular flexibility index (Phi) is 14.9. The van der Waals surface area contributed by atoms with Crippen LogP contribution in [-0.4, -0.2) is 91.4 Å². The predicted octanol–water partition coefficient (Wildman–Crippen LogP) is 10.3. The maximum atomic E-state index is 15.2. The van der Waals surface area contributed by atoms with E-state index in [0.29, 0.717) is 6.61 Å². The number of aliphatic hydroxyl groups is 2. The van der Waals surface area contributed by atoms with Gasteiger partial charge in [0.05, 0.1) is 43.0 Å². The van der Waals surface area contributed by atoms with Gasteiger partial charge in [0.25, 0.3) is 0 Å². The molecule has 0 aromatic heterocycles. The molecule has 6 atom stereocenters. The van der Waals surface area contributed by atoms with Gasteiger partial charge in [0.15, 0.2) is 33.2 Å². The number of hydrogen-bond acceptors (Lipinski definition) is 6. The Morgan fingerprint density at radius 2 is 1.22 bits per heavy atom. The van der Waals surface area contributed by atoms with E-state index in [9.17, 15) is 10.2 Å². The van der Waals surface area contributed by atoms with Gasteiger partial charge in [-0.3, -0.25) is 4.79 Å². The average molecular weight is 774 g/mol. The summed E-state index contributed by atoms with van der Waals surface area (Å²) in [7, 11) is -9.08. The van der Waals surface area contributed by atoms with Crippen LogP contribution in [0.25, 0.3) is 0 Å². The monoisotopic (exact) mass is 774 g/mol. The molecule has 296 valence electrons. The second-order valence-electron chi connectivity index (χ2n) is 21.9. The first-order valence-electron chi connectivity index (χ1n) is 19.1. The molecule has 2 N–H and O–H groups in total. The van der Waals surface area contributed by atoms with E-state index >= 15 is 4.79 Å². The summed E-state index contributed by atoms with van der Waals surface area (Å²) in [6.45, 7) is 51.8. The quantitative estimate of drug-likeness (QED) is 0.0979. The molecule has 7 nitrogen and oxygen atoms in total. The van der Waals surface area contributed by atoms with Crippen molar-refractivity contribution in [3.8, 4) is 0 Å². The van der Waals surface area contributed by atoms with E-state index in [0.717, 1.165) is 5.57 Å². The summed E-state index contributed by atoms with van der Waals surface area (Å²) in [5.41, 5.74) is 0.257. The second kappa shape index (κ2) is 15.6. The van der Waals surface area contributed by atoms with Gasteiger partial charge < -0.3 is 28.1 Å². The van der Waals surface area contributed by atoms with Crippen LogP contribution in [0.5, 0.6) is 0 Å². The van der Waals surface area contributed by atoms with E-state index < -0.39 is 56.9 Å². The Bertz CT molecular complexity index is 1190. The van der Waals surface area contributed by atoms with Crippen LogP contribution in [0.2, 0.25) is 72.5 Å². The SMILES string of the molecule is C/C(=C\[C@H]1N([Si](C)(C)C(C)(C)C)C(=O)[C@]1(C)C(O[Si](C)(C)C(C)(C)C)[C@H](C)[C@@H](CC(O)CO)O[Si](C)(C)C(C)(C)C)CO[Si](C)(C)C(C)(C)C. The molecule has 0 saturated carbocycles. The third-order valence-electron chi connectivity index (χ3n) is 13.8. The summed E-state index contributed by atoms with van der Waals surface area (Å²) < 4.78 is 23.6. The fourth-order valence-electron chi connectivity index (χ4n) is 5.78. The third kappa shape index (κ3) is 10.1. The van der Waals surface area contributed by atoms with Crippen LogP contribution in [-0.2, 0) is 18.1 Å². The number of β-lactam (4-membered cyclic amide) rings is 1. The highest BCUT2D eigenvalue weighted by Crippen LogP contribution is 2.56. The minimum Gasteiger partial charge on any atom is -0.413 e. The summed E-state index contributed by atoms with van der Waals surface area (Å²) in [5.74, 6) is -0.0950. The van der Waals surface area contributed by atoms with Gasteiger partial charge in [-0.05, 0) is 73.3 Å². The molecule has 50 heavy (non-hydrogen) atoms. The number of nitrogens with zero attached hydrogens (tertiary/aromatic N) is 1. The summed E-state index contributed by atoms with van der Waals surface area (Å²) >= 11 is 0. The Labute approximate surface area is 314 Å². The summed E-state index contributed by atoms with van der Waals surface area (Å²) in [5, 5.41) is 20.8. The van der Waals surface area contributed by atoms with E-state index in [2.05, 4.69) is 167 Å². The Hall–Kier alpha value is -0.122. The van der Waals surface area contributed by atoms with Gasteiger partial charge in [-0.15, -0.1) is 0 Å². The molecule has 1 amide bonds. The lowest BCUT2D eigenvalue weighted by atomic mass is 9.65. The number of hydrogen-bond donors (Lipinski definition) is 2. The second-order valence-corrected chi connectivity index (χ2v) is 41.3. The molecule has 1 fully saturated rings. The van der Waals surface area contributed by atoms with Crippen molar-refractivity contribution >= 4 is 39.1 Å². The fraction of sp³-hybridized carbons (Fsp3) is 0.923. The van der Waals surface area contributed by atoms with Gasteiger partial charge in [-0.25, -0.2) is 0 Å². The molecule has 1 aliphatic heterocycles. The maximum Gasteiger partial charge on any atom is 0.226 e. The van der Waals surface area contributed by atoms with E-state index in [1.54, 1.807) is 0 Å². The largest absolute Gasteiger partial charge is 0.413 e. The van der Waals surface area contributed by atoms with Crippen LogP contribution < -0.4 is 0 Å². The zero-order valence-corrected chi connectivity index (χ0v) is 41.1. The zero-order valence-electron chi connectivity index (χ0n) is 37.1. The van der Waals surface area contributed by atoms with Crippen molar-refractivity contribution in [2.24, 2.45) is 11.3 Å². The van der Waals surface area contributed by atoms with E-state index in [1.165, 1.54) is 0 Å². The van der Waals surface area contributed by atoms with Crippen LogP contribution >= 0.6 is 0 Å². The Morgan fingerprint density at radius 1 is 0.800 bits per heavy atom. The van der Waals surface area contributed by atoms with E-state index in [1.807, 2.05) is 0 Å². The minimum atomic E-state index is -2.43. The summed E-state index contributed by atoms with van der Waals surface area (Å²) in [6.07, 6.45) is 0.771. The lowest BCUT2D eigenvalue weighted by Crippen LogP contribution is -2.80. The van der Waals surface area contributed by atoms with Crippen LogP contribution in [0.1, 0.15) is 110 Å². The first kappa shape index (κ1) is 47.9. The highest BCUT2D eigenvalue weighted by atomic mass is 28.4. The van der Waals surface area contributed by atoms with Crippen molar-refractivity contribution < 1.29 is 28.3 Å². The highest BCUT2D eigenvalue weighted by Gasteiger charge is 2.68. The van der Waals surface area contributed by atoms with E-state index in [-0.39, 0.29) is 51.0 Å². The van der Waals surface area contributed by atoms with Gasteiger partial charge in [0.2, 0.25) is 5.91 Å². The Morgan fingerprint density at radius 3 is 1.60 bits per heavy atom. The number of carbonyl (C=O) groups is 1. The maximum absolute atomic E-state index is 15.2. The van der Waals surface area contributed by atoms with Crippen LogP contribution in [0, 0.1) is 11.3 Å². The molecule has 0 aromatic rings. The molecule has 1 heterocycles. The van der Waals surface area contributed by atoms with E-state index in [4.69, 9.17) is 13.3 Å². The molecule has 0 bridgehead atoms. The number of aliphatic hydroxyl groups excluding tert-OH is 2. The van der Waals surface area contributed by atoms with Crippen LogP contribution in [0.15, 0.2) is 11.6 Å². The average Bonchev–Trinajstić information content (AvgIpc) is 2.90. The lowest BCUT2D eigenvalue weighted by Gasteiger charge is -2.66. The summed E-state index contributed by atoms with van der Waals surface area (Å²) in [6, 6.07) is -0.188. The van der Waals surface area contributed by atoms with Gasteiger partial charge in [0, 0.05) is 12.3 Å². The molecule has 2 unspecified atom stereocenters. The first-order valence-corrected chi connectivity index (χ1v) is 30.8. The van der Waals surface area contributed by atoms with Crippen molar-refractivity contribution in [2.45, 2.75) is 207 Å². The molecular formula is C39H83NO6Si4. The molecule has 11 heteroatoms. The first-order chi connectivity index (χ1) is 21.8. The van der Waals surface area contributed by atoms with Crippen molar-refractivity contribution in [3.05, 3.63) is 11.6 Å². The molecule has 0 spiro atoms. The van der Waals surface area contributed by atoms with Gasteiger partial charge in [-0.1, -0.05) is 115 Å². The molecule has 0 aliphatic carbocycles. The predicted molar refractivity (Wildman–Crippen MR) is 224 cm³/mol. The van der Waals surface area contributed by atoms with Gasteiger partial charge in [0.1, 0.15) is 0 Å². The molecule has 1 saturated heterocycles. The Balaban J connectivity index is 4.09.